The van der Waals surface area contributed by atoms with E-state index in [1.54, 1.807) is 18.2 Å². The van der Waals surface area contributed by atoms with Crippen molar-refractivity contribution >= 4 is 29.2 Å². The first-order chi connectivity index (χ1) is 10.9. The summed E-state index contributed by atoms with van der Waals surface area (Å²) in [6.07, 6.45) is 0. The molecule has 5 heteroatoms. The van der Waals surface area contributed by atoms with Gasteiger partial charge in [0.2, 0.25) is 0 Å². The van der Waals surface area contributed by atoms with E-state index in [1.165, 1.54) is 0 Å². The van der Waals surface area contributed by atoms with Crippen LogP contribution in [-0.4, -0.2) is 18.5 Å². The second kappa shape index (κ2) is 7.29. The van der Waals surface area contributed by atoms with Gasteiger partial charge in [0.25, 0.3) is 5.91 Å². The topological polar surface area (TPSA) is 55.4 Å². The molecule has 0 saturated carbocycles. The third-order valence-electron chi connectivity index (χ3n) is 3.40. The maximum absolute atomic E-state index is 12.0. The van der Waals surface area contributed by atoms with E-state index in [2.05, 4.69) is 5.32 Å². The lowest BCUT2D eigenvalue weighted by Crippen LogP contribution is -2.22. The van der Waals surface area contributed by atoms with Crippen molar-refractivity contribution in [3.63, 3.8) is 0 Å². The molecule has 2 aromatic rings. The second-order valence-electron chi connectivity index (χ2n) is 5.38. The fourth-order valence-corrected chi connectivity index (χ4v) is 2.63. The van der Waals surface area contributed by atoms with Gasteiger partial charge in [0.1, 0.15) is 0 Å². The fraction of sp³-hybridized carbons (Fsp3) is 0.222. The molecule has 0 bridgehead atoms. The van der Waals surface area contributed by atoms with Gasteiger partial charge in [0.15, 0.2) is 6.61 Å². The van der Waals surface area contributed by atoms with Crippen LogP contribution in [0, 0.1) is 20.8 Å². The predicted octanol–water partition coefficient (Wildman–Crippen LogP) is 4.06. The highest BCUT2D eigenvalue weighted by atomic mass is 35.5. The summed E-state index contributed by atoms with van der Waals surface area (Å²) in [6.45, 7) is 5.23. The largest absolute Gasteiger partial charge is 0.452 e. The van der Waals surface area contributed by atoms with Gasteiger partial charge >= 0.3 is 5.97 Å². The van der Waals surface area contributed by atoms with Gasteiger partial charge in [-0.05, 0) is 49.6 Å². The first kappa shape index (κ1) is 17.0. The monoisotopic (exact) mass is 331 g/mol. The minimum absolute atomic E-state index is 0.364. The zero-order valence-electron chi connectivity index (χ0n) is 13.3. The predicted molar refractivity (Wildman–Crippen MR) is 91.0 cm³/mol. The number of aryl methyl sites for hydroxylation is 3. The quantitative estimate of drug-likeness (QED) is 0.859. The Hall–Kier alpha value is -2.33. The molecule has 0 fully saturated rings. The van der Waals surface area contributed by atoms with Crippen LogP contribution in [0.4, 0.5) is 5.69 Å². The number of carbonyl (C=O) groups excluding carboxylic acids is 2. The zero-order valence-corrected chi connectivity index (χ0v) is 14.0. The molecule has 2 aromatic carbocycles. The Balaban J connectivity index is 1.99. The van der Waals surface area contributed by atoms with Crippen LogP contribution in [0.25, 0.3) is 0 Å². The van der Waals surface area contributed by atoms with Crippen LogP contribution in [-0.2, 0) is 9.53 Å². The van der Waals surface area contributed by atoms with Crippen LogP contribution in [0.5, 0.6) is 0 Å². The molecule has 120 valence electrons. The Morgan fingerprint density at radius 2 is 1.78 bits per heavy atom. The lowest BCUT2D eigenvalue weighted by molar-refractivity contribution is -0.119. The second-order valence-corrected chi connectivity index (χ2v) is 5.79. The molecule has 23 heavy (non-hydrogen) atoms. The average Bonchev–Trinajstić information content (AvgIpc) is 2.49. The maximum atomic E-state index is 12.0. The minimum atomic E-state index is -0.523. The molecule has 1 amide bonds. The Labute approximate surface area is 140 Å². The summed E-state index contributed by atoms with van der Waals surface area (Å²) in [6, 6.07) is 10.7. The van der Waals surface area contributed by atoms with Crippen molar-refractivity contribution in [2.24, 2.45) is 0 Å². The number of hydrogen-bond donors (Lipinski definition) is 1. The molecule has 0 saturated heterocycles. The summed E-state index contributed by atoms with van der Waals surface area (Å²) < 4.78 is 5.05. The molecule has 1 N–H and O–H groups in total. The summed E-state index contributed by atoms with van der Waals surface area (Å²) >= 11 is 6.14. The normalized spacial score (nSPS) is 10.3. The van der Waals surface area contributed by atoms with Crippen molar-refractivity contribution < 1.29 is 14.3 Å². The van der Waals surface area contributed by atoms with Crippen LogP contribution in [0.2, 0.25) is 5.02 Å². The standard InChI is InChI=1S/C18H18ClNO3/c1-11-8-13(3)17(15(19)9-11)20-16(21)10-23-18(22)14-7-5-4-6-12(14)2/h4-9H,10H2,1-3H3,(H,20,21). The first-order valence-corrected chi connectivity index (χ1v) is 7.55. The van der Waals surface area contributed by atoms with E-state index in [1.807, 2.05) is 39.0 Å². The Morgan fingerprint density at radius 1 is 1.09 bits per heavy atom. The molecule has 0 aliphatic rings. The number of rotatable bonds is 4. The van der Waals surface area contributed by atoms with Gasteiger partial charge in [-0.15, -0.1) is 0 Å². The average molecular weight is 332 g/mol. The third-order valence-corrected chi connectivity index (χ3v) is 3.69. The van der Waals surface area contributed by atoms with E-state index in [0.29, 0.717) is 16.3 Å². The number of carbonyl (C=O) groups is 2. The van der Waals surface area contributed by atoms with Crippen LogP contribution in [0.3, 0.4) is 0 Å². The van der Waals surface area contributed by atoms with Crippen molar-refractivity contribution in [3.05, 3.63) is 63.7 Å². The van der Waals surface area contributed by atoms with Crippen LogP contribution < -0.4 is 5.32 Å². The van der Waals surface area contributed by atoms with Crippen molar-refractivity contribution in [1.29, 1.82) is 0 Å². The Bertz CT molecular complexity index is 733. The number of amides is 1. The summed E-state index contributed by atoms with van der Waals surface area (Å²) in [5.41, 5.74) is 3.65. The van der Waals surface area contributed by atoms with E-state index >= 15 is 0 Å². The SMILES string of the molecule is Cc1cc(C)c(NC(=O)COC(=O)c2ccccc2C)c(Cl)c1. The van der Waals surface area contributed by atoms with Gasteiger partial charge in [-0.1, -0.05) is 35.9 Å². The van der Waals surface area contributed by atoms with Gasteiger partial charge in [-0.3, -0.25) is 4.79 Å². The van der Waals surface area contributed by atoms with Crippen molar-refractivity contribution in [2.75, 3.05) is 11.9 Å². The molecule has 0 aromatic heterocycles. The smallest absolute Gasteiger partial charge is 0.338 e. The number of hydrogen-bond acceptors (Lipinski definition) is 3. The van der Waals surface area contributed by atoms with Gasteiger partial charge in [0, 0.05) is 0 Å². The summed E-state index contributed by atoms with van der Waals surface area (Å²) in [5, 5.41) is 3.14. The van der Waals surface area contributed by atoms with Crippen LogP contribution in [0.1, 0.15) is 27.0 Å². The molecule has 2 rings (SSSR count). The van der Waals surface area contributed by atoms with E-state index in [0.717, 1.165) is 16.7 Å². The van der Waals surface area contributed by atoms with Gasteiger partial charge in [-0.25, -0.2) is 4.79 Å². The lowest BCUT2D eigenvalue weighted by atomic mass is 10.1. The van der Waals surface area contributed by atoms with Gasteiger partial charge in [-0.2, -0.15) is 0 Å². The number of nitrogens with one attached hydrogen (secondary N) is 1. The summed E-state index contributed by atoms with van der Waals surface area (Å²) in [4.78, 5) is 23.9. The maximum Gasteiger partial charge on any atom is 0.338 e. The molecule has 0 unspecified atom stereocenters. The summed E-state index contributed by atoms with van der Waals surface area (Å²) in [7, 11) is 0. The fourth-order valence-electron chi connectivity index (χ4n) is 2.26. The number of esters is 1. The molecule has 0 radical (unpaired) electrons. The number of halogens is 1. The Morgan fingerprint density at radius 3 is 2.43 bits per heavy atom. The molecular weight excluding hydrogens is 314 g/mol. The molecule has 0 atom stereocenters. The lowest BCUT2D eigenvalue weighted by Gasteiger charge is -2.12. The van der Waals surface area contributed by atoms with E-state index in [9.17, 15) is 9.59 Å². The summed E-state index contributed by atoms with van der Waals surface area (Å²) in [5.74, 6) is -0.953. The number of ether oxygens (including phenoxy) is 1. The van der Waals surface area contributed by atoms with Gasteiger partial charge in [0.05, 0.1) is 16.3 Å². The van der Waals surface area contributed by atoms with E-state index in [4.69, 9.17) is 16.3 Å². The number of benzene rings is 2. The number of anilines is 1. The highest BCUT2D eigenvalue weighted by molar-refractivity contribution is 6.34. The Kier molecular flexibility index (Phi) is 5.40. The molecule has 0 heterocycles. The van der Waals surface area contributed by atoms with Crippen molar-refractivity contribution in [2.45, 2.75) is 20.8 Å². The van der Waals surface area contributed by atoms with Crippen LogP contribution >= 0.6 is 11.6 Å². The van der Waals surface area contributed by atoms with E-state index in [-0.39, 0.29) is 6.61 Å². The molecular formula is C18H18ClNO3. The van der Waals surface area contributed by atoms with Crippen molar-refractivity contribution in [3.8, 4) is 0 Å². The molecule has 0 aliphatic heterocycles. The zero-order chi connectivity index (χ0) is 17.0. The third kappa shape index (κ3) is 4.33. The minimum Gasteiger partial charge on any atom is -0.452 e. The van der Waals surface area contributed by atoms with Gasteiger partial charge < -0.3 is 10.1 Å². The highest BCUT2D eigenvalue weighted by Gasteiger charge is 2.14. The highest BCUT2D eigenvalue weighted by Crippen LogP contribution is 2.27. The molecule has 0 aliphatic carbocycles. The first-order valence-electron chi connectivity index (χ1n) is 7.18. The van der Waals surface area contributed by atoms with E-state index < -0.39 is 11.9 Å². The van der Waals surface area contributed by atoms with Crippen molar-refractivity contribution in [1.82, 2.24) is 0 Å². The van der Waals surface area contributed by atoms with Crippen LogP contribution in [0.15, 0.2) is 36.4 Å². The molecule has 0 spiro atoms. The molecule has 4 nitrogen and oxygen atoms in total.